The standard InChI is InChI=1S/C25H23ClF3N5O3S/c26-22-12-19(25(27,28)29)13-23(32-22)33-7-9-34(10-8-33)38(36,37)21-5-3-20(4-6-21)31-24(35)16-1-2-17-14-30-15-18(17)11-16/h1-6,11-13,30H,7-10,14-15H2,(H,31,35). The molecular formula is C25H23ClF3N5O3S. The number of aromatic nitrogens is 1. The van der Waals surface area contributed by atoms with Crippen molar-refractivity contribution in [3.05, 3.63) is 82.0 Å². The minimum atomic E-state index is -4.57. The zero-order chi connectivity index (χ0) is 27.1. The molecule has 0 bridgehead atoms. The molecule has 1 fully saturated rings. The van der Waals surface area contributed by atoms with Gasteiger partial charge in [0.1, 0.15) is 11.0 Å². The molecule has 0 spiro atoms. The molecule has 3 aromatic rings. The smallest absolute Gasteiger partial charge is 0.354 e. The maximum absolute atomic E-state index is 13.2. The molecule has 0 aliphatic carbocycles. The van der Waals surface area contributed by atoms with Gasteiger partial charge in [-0.2, -0.15) is 17.5 Å². The number of anilines is 2. The Kier molecular flexibility index (Phi) is 7.07. The van der Waals surface area contributed by atoms with Gasteiger partial charge < -0.3 is 15.5 Å². The Balaban J connectivity index is 1.23. The molecule has 2 aliphatic heterocycles. The molecule has 0 unspecified atom stereocenters. The van der Waals surface area contributed by atoms with Gasteiger partial charge in [0.05, 0.1) is 10.5 Å². The Morgan fingerprint density at radius 1 is 0.947 bits per heavy atom. The van der Waals surface area contributed by atoms with Gasteiger partial charge in [-0.3, -0.25) is 4.79 Å². The van der Waals surface area contributed by atoms with E-state index >= 15 is 0 Å². The number of carbonyl (C=O) groups excluding carboxylic acids is 1. The summed E-state index contributed by atoms with van der Waals surface area (Å²) in [7, 11) is -3.85. The van der Waals surface area contributed by atoms with E-state index in [-0.39, 0.29) is 48.0 Å². The van der Waals surface area contributed by atoms with E-state index in [2.05, 4.69) is 15.6 Å². The van der Waals surface area contributed by atoms with E-state index in [1.165, 1.54) is 28.6 Å². The molecule has 3 heterocycles. The monoisotopic (exact) mass is 565 g/mol. The second-order valence-corrected chi connectivity index (χ2v) is 11.3. The van der Waals surface area contributed by atoms with Crippen LogP contribution in [-0.2, 0) is 29.3 Å². The van der Waals surface area contributed by atoms with Crippen LogP contribution in [0.25, 0.3) is 0 Å². The van der Waals surface area contributed by atoms with Gasteiger partial charge in [-0.25, -0.2) is 13.4 Å². The minimum absolute atomic E-state index is 0.0431. The number of sulfonamides is 1. The highest BCUT2D eigenvalue weighted by Crippen LogP contribution is 2.33. The molecule has 13 heteroatoms. The molecular weight excluding hydrogens is 543 g/mol. The third kappa shape index (κ3) is 5.48. The lowest BCUT2D eigenvalue weighted by Crippen LogP contribution is -2.49. The van der Waals surface area contributed by atoms with E-state index in [9.17, 15) is 26.4 Å². The number of nitrogens with zero attached hydrogens (tertiary/aromatic N) is 3. The predicted octanol–water partition coefficient (Wildman–Crippen LogP) is 4.12. The van der Waals surface area contributed by atoms with Gasteiger partial charge in [0, 0.05) is 50.5 Å². The fourth-order valence-corrected chi connectivity index (χ4v) is 6.09. The summed E-state index contributed by atoms with van der Waals surface area (Å²) in [5, 5.41) is 5.72. The van der Waals surface area contributed by atoms with Gasteiger partial charge in [-0.15, -0.1) is 0 Å². The molecule has 2 N–H and O–H groups in total. The molecule has 2 aromatic carbocycles. The number of hydrogen-bond donors (Lipinski definition) is 2. The first-order valence-electron chi connectivity index (χ1n) is 11.7. The van der Waals surface area contributed by atoms with Crippen molar-refractivity contribution in [2.45, 2.75) is 24.2 Å². The number of halogens is 4. The second-order valence-electron chi connectivity index (χ2n) is 8.99. The summed E-state index contributed by atoms with van der Waals surface area (Å²) in [4.78, 5) is 18.2. The molecule has 2 aliphatic rings. The first kappa shape index (κ1) is 26.4. The normalized spacial score (nSPS) is 16.4. The first-order chi connectivity index (χ1) is 18.0. The molecule has 8 nitrogen and oxygen atoms in total. The molecule has 5 rings (SSSR count). The molecule has 0 saturated carbocycles. The number of hydrogen-bond acceptors (Lipinski definition) is 6. The van der Waals surface area contributed by atoms with Crippen molar-refractivity contribution in [2.75, 3.05) is 36.4 Å². The quantitative estimate of drug-likeness (QED) is 0.452. The topological polar surface area (TPSA) is 94.6 Å². The van der Waals surface area contributed by atoms with Crippen LogP contribution in [0.3, 0.4) is 0 Å². The molecule has 38 heavy (non-hydrogen) atoms. The van der Waals surface area contributed by atoms with E-state index in [0.717, 1.165) is 29.8 Å². The Bertz CT molecular complexity index is 1470. The van der Waals surface area contributed by atoms with E-state index in [1.807, 2.05) is 12.1 Å². The summed E-state index contributed by atoms with van der Waals surface area (Å²) in [6.45, 7) is 1.90. The van der Waals surface area contributed by atoms with Gasteiger partial charge >= 0.3 is 6.18 Å². The Hall–Kier alpha value is -3.19. The Labute approximate surface area is 222 Å². The molecule has 1 amide bonds. The maximum Gasteiger partial charge on any atom is 0.416 e. The number of carbonyl (C=O) groups is 1. The van der Waals surface area contributed by atoms with Crippen LogP contribution in [0.15, 0.2) is 59.5 Å². The average molecular weight is 566 g/mol. The number of pyridine rings is 1. The van der Waals surface area contributed by atoms with Gasteiger partial charge in [-0.1, -0.05) is 17.7 Å². The van der Waals surface area contributed by atoms with Crippen molar-refractivity contribution in [3.8, 4) is 0 Å². The van der Waals surface area contributed by atoms with Gasteiger partial charge in [0.25, 0.3) is 5.91 Å². The third-order valence-electron chi connectivity index (χ3n) is 6.52. The van der Waals surface area contributed by atoms with Crippen LogP contribution < -0.4 is 15.5 Å². The largest absolute Gasteiger partial charge is 0.416 e. The van der Waals surface area contributed by atoms with E-state index in [0.29, 0.717) is 17.8 Å². The summed E-state index contributed by atoms with van der Waals surface area (Å²) in [6, 6.07) is 13.0. The van der Waals surface area contributed by atoms with E-state index in [1.54, 1.807) is 11.0 Å². The van der Waals surface area contributed by atoms with Crippen LogP contribution in [0.4, 0.5) is 24.7 Å². The predicted molar refractivity (Wildman–Crippen MR) is 137 cm³/mol. The lowest BCUT2D eigenvalue weighted by atomic mass is 10.1. The van der Waals surface area contributed by atoms with Crippen LogP contribution in [0.2, 0.25) is 5.15 Å². The van der Waals surface area contributed by atoms with Crippen molar-refractivity contribution in [1.29, 1.82) is 0 Å². The van der Waals surface area contributed by atoms with Crippen LogP contribution in [0.1, 0.15) is 27.0 Å². The van der Waals surface area contributed by atoms with Crippen molar-refractivity contribution in [3.63, 3.8) is 0 Å². The highest BCUT2D eigenvalue weighted by atomic mass is 35.5. The number of benzene rings is 2. The fraction of sp³-hybridized carbons (Fsp3) is 0.280. The van der Waals surface area contributed by atoms with Crippen LogP contribution >= 0.6 is 11.6 Å². The highest BCUT2D eigenvalue weighted by molar-refractivity contribution is 7.89. The molecule has 0 radical (unpaired) electrons. The van der Waals surface area contributed by atoms with Gasteiger partial charge in [0.15, 0.2) is 0 Å². The van der Waals surface area contributed by atoms with Gasteiger partial charge in [0.2, 0.25) is 10.0 Å². The molecule has 200 valence electrons. The van der Waals surface area contributed by atoms with Crippen molar-refractivity contribution in [2.24, 2.45) is 0 Å². The fourth-order valence-electron chi connectivity index (χ4n) is 4.46. The second kappa shape index (κ2) is 10.2. The van der Waals surface area contributed by atoms with E-state index in [4.69, 9.17) is 11.6 Å². The van der Waals surface area contributed by atoms with E-state index < -0.39 is 21.8 Å². The number of nitrogens with one attached hydrogen (secondary N) is 2. The van der Waals surface area contributed by atoms with Crippen molar-refractivity contribution in [1.82, 2.24) is 14.6 Å². The average Bonchev–Trinajstić information content (AvgIpc) is 3.36. The molecule has 1 aromatic heterocycles. The molecule has 0 atom stereocenters. The zero-order valence-electron chi connectivity index (χ0n) is 19.9. The molecule has 1 saturated heterocycles. The zero-order valence-corrected chi connectivity index (χ0v) is 21.5. The summed E-state index contributed by atoms with van der Waals surface area (Å²) >= 11 is 5.79. The summed E-state index contributed by atoms with van der Waals surface area (Å²) in [5.74, 6) is -0.253. The number of piperazine rings is 1. The third-order valence-corrected chi connectivity index (χ3v) is 8.63. The van der Waals surface area contributed by atoms with Crippen LogP contribution in [0.5, 0.6) is 0 Å². The minimum Gasteiger partial charge on any atom is -0.354 e. The summed E-state index contributed by atoms with van der Waals surface area (Å²) in [5.41, 5.74) is 2.28. The van der Waals surface area contributed by atoms with Crippen LogP contribution in [-0.4, -0.2) is 49.8 Å². The number of alkyl halides is 3. The number of rotatable bonds is 5. The lowest BCUT2D eigenvalue weighted by Gasteiger charge is -2.35. The van der Waals surface area contributed by atoms with Crippen molar-refractivity contribution >= 4 is 39.0 Å². The maximum atomic E-state index is 13.2. The first-order valence-corrected chi connectivity index (χ1v) is 13.6. The summed E-state index contributed by atoms with van der Waals surface area (Å²) < 4.78 is 67.0. The van der Waals surface area contributed by atoms with Gasteiger partial charge in [-0.05, 0) is 59.7 Å². The summed E-state index contributed by atoms with van der Waals surface area (Å²) in [6.07, 6.45) is -4.57. The number of fused-ring (bicyclic) bond motifs is 1. The van der Waals surface area contributed by atoms with Crippen LogP contribution in [0, 0.1) is 0 Å². The SMILES string of the molecule is O=C(Nc1ccc(S(=O)(=O)N2CCN(c3cc(C(F)(F)F)cc(Cl)n3)CC2)cc1)c1ccc2c(c1)CNC2. The number of amides is 1. The highest BCUT2D eigenvalue weighted by Gasteiger charge is 2.33. The lowest BCUT2D eigenvalue weighted by molar-refractivity contribution is -0.137. The van der Waals surface area contributed by atoms with Crippen molar-refractivity contribution < 1.29 is 26.4 Å². The Morgan fingerprint density at radius 3 is 2.32 bits per heavy atom. The Morgan fingerprint density at radius 2 is 1.63 bits per heavy atom.